The van der Waals surface area contributed by atoms with E-state index in [1.807, 2.05) is 6.92 Å². The number of nitrogens with one attached hydrogen (secondary N) is 2. The van der Waals surface area contributed by atoms with E-state index >= 15 is 0 Å². The van der Waals surface area contributed by atoms with Crippen LogP contribution in [0.25, 0.3) is 0 Å². The molecule has 6 heteroatoms. The van der Waals surface area contributed by atoms with Crippen LogP contribution in [0.4, 0.5) is 5.69 Å². The molecule has 2 rings (SSSR count). The number of carbonyl (C=O) groups excluding carboxylic acids is 3. The smallest absolute Gasteiger partial charge is 0.251 e. The van der Waals surface area contributed by atoms with Gasteiger partial charge in [-0.1, -0.05) is 6.92 Å². The Morgan fingerprint density at radius 1 is 1.21 bits per heavy atom. The van der Waals surface area contributed by atoms with Crippen LogP contribution >= 0.6 is 0 Å². The van der Waals surface area contributed by atoms with Crippen molar-refractivity contribution in [2.45, 2.75) is 45.6 Å². The van der Waals surface area contributed by atoms with Crippen molar-refractivity contribution >= 4 is 23.4 Å². The zero-order valence-corrected chi connectivity index (χ0v) is 14.3. The first-order valence-electron chi connectivity index (χ1n) is 8.52. The second-order valence-corrected chi connectivity index (χ2v) is 6.04. The first-order valence-corrected chi connectivity index (χ1v) is 8.52. The Balaban J connectivity index is 1.95. The maximum absolute atomic E-state index is 12.2. The lowest BCUT2D eigenvalue weighted by molar-refractivity contribution is -0.122. The molecule has 0 unspecified atom stereocenters. The van der Waals surface area contributed by atoms with Gasteiger partial charge in [0.15, 0.2) is 0 Å². The van der Waals surface area contributed by atoms with E-state index in [9.17, 15) is 14.4 Å². The molecule has 0 radical (unpaired) electrons. The van der Waals surface area contributed by atoms with E-state index in [4.69, 9.17) is 0 Å². The van der Waals surface area contributed by atoms with Crippen LogP contribution < -0.4 is 15.5 Å². The van der Waals surface area contributed by atoms with Crippen LogP contribution in [-0.4, -0.2) is 36.9 Å². The van der Waals surface area contributed by atoms with E-state index < -0.39 is 6.04 Å². The molecule has 24 heavy (non-hydrogen) atoms. The average Bonchev–Trinajstić information content (AvgIpc) is 2.60. The number of benzene rings is 1. The largest absolute Gasteiger partial charge is 0.354 e. The highest BCUT2D eigenvalue weighted by Gasteiger charge is 2.20. The van der Waals surface area contributed by atoms with E-state index in [0.717, 1.165) is 31.5 Å². The summed E-state index contributed by atoms with van der Waals surface area (Å²) in [7, 11) is 0. The molecule has 3 amide bonds. The monoisotopic (exact) mass is 331 g/mol. The molecule has 0 bridgehead atoms. The van der Waals surface area contributed by atoms with Crippen LogP contribution in [0.2, 0.25) is 0 Å². The molecule has 1 heterocycles. The molecule has 1 atom stereocenters. The third-order valence-electron chi connectivity index (χ3n) is 4.05. The van der Waals surface area contributed by atoms with Gasteiger partial charge in [-0.05, 0) is 50.5 Å². The Morgan fingerprint density at radius 3 is 2.54 bits per heavy atom. The molecule has 1 aromatic rings. The lowest BCUT2D eigenvalue weighted by Crippen LogP contribution is -2.45. The molecule has 1 aliphatic heterocycles. The standard InChI is InChI=1S/C18H25N3O3/c1-3-11-19-17(23)13(2)20-18(24)14-7-9-15(10-8-14)21-12-5-4-6-16(21)22/h7-10,13H,3-6,11-12H2,1-2H3,(H,19,23)(H,20,24)/t13-/m1/s1. The zero-order valence-electron chi connectivity index (χ0n) is 14.3. The molecule has 0 spiro atoms. The van der Waals surface area contributed by atoms with E-state index in [0.29, 0.717) is 18.5 Å². The Kier molecular flexibility index (Phi) is 6.35. The molecule has 1 aliphatic rings. The zero-order chi connectivity index (χ0) is 17.5. The average molecular weight is 331 g/mol. The number of amides is 3. The molecule has 6 nitrogen and oxygen atoms in total. The highest BCUT2D eigenvalue weighted by molar-refractivity contribution is 5.98. The summed E-state index contributed by atoms with van der Waals surface area (Å²) in [5, 5.41) is 5.43. The van der Waals surface area contributed by atoms with Crippen LogP contribution in [-0.2, 0) is 9.59 Å². The molecule has 0 saturated carbocycles. The fraction of sp³-hybridized carbons (Fsp3) is 0.500. The Bertz CT molecular complexity index is 598. The number of hydrogen-bond acceptors (Lipinski definition) is 3. The molecule has 0 aromatic heterocycles. The van der Waals surface area contributed by atoms with Gasteiger partial charge in [-0.3, -0.25) is 14.4 Å². The van der Waals surface area contributed by atoms with Crippen molar-refractivity contribution in [2.75, 3.05) is 18.0 Å². The van der Waals surface area contributed by atoms with Crippen molar-refractivity contribution in [3.05, 3.63) is 29.8 Å². The van der Waals surface area contributed by atoms with E-state index in [1.54, 1.807) is 36.1 Å². The van der Waals surface area contributed by atoms with Crippen LogP contribution in [0.1, 0.15) is 49.9 Å². The fourth-order valence-electron chi connectivity index (χ4n) is 2.62. The first-order chi connectivity index (χ1) is 11.5. The first kappa shape index (κ1) is 18.0. The van der Waals surface area contributed by atoms with Gasteiger partial charge < -0.3 is 15.5 Å². The minimum absolute atomic E-state index is 0.125. The number of anilines is 1. The van der Waals surface area contributed by atoms with Crippen molar-refractivity contribution in [1.29, 1.82) is 0 Å². The maximum atomic E-state index is 12.2. The highest BCUT2D eigenvalue weighted by Crippen LogP contribution is 2.21. The topological polar surface area (TPSA) is 78.5 Å². The number of nitrogens with zero attached hydrogens (tertiary/aromatic N) is 1. The lowest BCUT2D eigenvalue weighted by Gasteiger charge is -2.26. The van der Waals surface area contributed by atoms with Crippen LogP contribution in [0.15, 0.2) is 24.3 Å². The van der Waals surface area contributed by atoms with Gasteiger partial charge >= 0.3 is 0 Å². The number of hydrogen-bond donors (Lipinski definition) is 2. The molecule has 2 N–H and O–H groups in total. The number of carbonyl (C=O) groups is 3. The second-order valence-electron chi connectivity index (χ2n) is 6.04. The second kappa shape index (κ2) is 8.47. The van der Waals surface area contributed by atoms with Crippen molar-refractivity contribution in [2.24, 2.45) is 0 Å². The summed E-state index contributed by atoms with van der Waals surface area (Å²) in [5.74, 6) is -0.369. The van der Waals surface area contributed by atoms with E-state index in [2.05, 4.69) is 10.6 Å². The summed E-state index contributed by atoms with van der Waals surface area (Å²) in [6.07, 6.45) is 3.36. The normalized spacial score (nSPS) is 15.8. The van der Waals surface area contributed by atoms with E-state index in [1.165, 1.54) is 0 Å². The van der Waals surface area contributed by atoms with Gasteiger partial charge in [-0.15, -0.1) is 0 Å². The van der Waals surface area contributed by atoms with E-state index in [-0.39, 0.29) is 17.7 Å². The van der Waals surface area contributed by atoms with Gasteiger partial charge in [0.2, 0.25) is 11.8 Å². The van der Waals surface area contributed by atoms with Crippen LogP contribution in [0.5, 0.6) is 0 Å². The predicted octanol–water partition coefficient (Wildman–Crippen LogP) is 1.85. The van der Waals surface area contributed by atoms with Crippen LogP contribution in [0, 0.1) is 0 Å². The third kappa shape index (κ3) is 4.57. The molecular formula is C18H25N3O3. The quantitative estimate of drug-likeness (QED) is 0.835. The summed E-state index contributed by atoms with van der Waals surface area (Å²) in [5.41, 5.74) is 1.28. The van der Waals surface area contributed by atoms with Crippen molar-refractivity contribution in [1.82, 2.24) is 10.6 Å². The van der Waals surface area contributed by atoms with Crippen molar-refractivity contribution in [3.63, 3.8) is 0 Å². The predicted molar refractivity (Wildman–Crippen MR) is 92.9 cm³/mol. The molecular weight excluding hydrogens is 306 g/mol. The maximum Gasteiger partial charge on any atom is 0.251 e. The lowest BCUT2D eigenvalue weighted by atomic mass is 10.1. The van der Waals surface area contributed by atoms with Gasteiger partial charge in [-0.2, -0.15) is 0 Å². The number of rotatable bonds is 6. The van der Waals surface area contributed by atoms with Gasteiger partial charge in [0.1, 0.15) is 6.04 Å². The Hall–Kier alpha value is -2.37. The summed E-state index contributed by atoms with van der Waals surface area (Å²) < 4.78 is 0. The van der Waals surface area contributed by atoms with Gasteiger partial charge in [0.05, 0.1) is 0 Å². The van der Waals surface area contributed by atoms with Gasteiger partial charge in [0.25, 0.3) is 5.91 Å². The molecule has 130 valence electrons. The van der Waals surface area contributed by atoms with Crippen molar-refractivity contribution < 1.29 is 14.4 Å². The van der Waals surface area contributed by atoms with Gasteiger partial charge in [-0.25, -0.2) is 0 Å². The minimum Gasteiger partial charge on any atom is -0.354 e. The Morgan fingerprint density at radius 2 is 1.92 bits per heavy atom. The summed E-state index contributed by atoms with van der Waals surface area (Å²) in [6, 6.07) is 6.33. The third-order valence-corrected chi connectivity index (χ3v) is 4.05. The van der Waals surface area contributed by atoms with Crippen molar-refractivity contribution in [3.8, 4) is 0 Å². The molecule has 1 fully saturated rings. The molecule has 1 saturated heterocycles. The summed E-state index contributed by atoms with van der Waals surface area (Å²) in [6.45, 7) is 4.94. The summed E-state index contributed by atoms with van der Waals surface area (Å²) >= 11 is 0. The van der Waals surface area contributed by atoms with Gasteiger partial charge in [0, 0.05) is 30.8 Å². The number of piperidine rings is 1. The highest BCUT2D eigenvalue weighted by atomic mass is 16.2. The summed E-state index contributed by atoms with van der Waals surface area (Å²) in [4.78, 5) is 37.7. The molecule has 0 aliphatic carbocycles. The SMILES string of the molecule is CCCNC(=O)[C@@H](C)NC(=O)c1ccc(N2CCCCC2=O)cc1. The molecule has 1 aromatic carbocycles. The Labute approximate surface area is 142 Å². The van der Waals surface area contributed by atoms with Crippen LogP contribution in [0.3, 0.4) is 0 Å². The fourth-order valence-corrected chi connectivity index (χ4v) is 2.62. The minimum atomic E-state index is -0.590.